The van der Waals surface area contributed by atoms with Crippen LogP contribution in [0.3, 0.4) is 0 Å². The van der Waals surface area contributed by atoms with E-state index in [1.807, 2.05) is 77.4 Å². The van der Waals surface area contributed by atoms with Crippen LogP contribution in [0.5, 0.6) is 5.75 Å². The summed E-state index contributed by atoms with van der Waals surface area (Å²) in [5.41, 5.74) is 4.85. The summed E-state index contributed by atoms with van der Waals surface area (Å²) in [6.45, 7) is 2.50. The molecule has 1 saturated heterocycles. The molecule has 0 saturated carbocycles. The third-order valence-electron chi connectivity index (χ3n) is 8.18. The van der Waals surface area contributed by atoms with Crippen molar-refractivity contribution < 1.29 is 14.3 Å². The van der Waals surface area contributed by atoms with Crippen molar-refractivity contribution in [3.8, 4) is 5.75 Å². The van der Waals surface area contributed by atoms with Crippen LogP contribution < -0.4 is 25.8 Å². The van der Waals surface area contributed by atoms with Gasteiger partial charge < -0.3 is 24.8 Å². The number of anilines is 2. The molecule has 218 valence electrons. The lowest BCUT2D eigenvalue weighted by Gasteiger charge is -2.44. The van der Waals surface area contributed by atoms with E-state index in [2.05, 4.69) is 15.5 Å². The Bertz CT molecular complexity index is 1710. The van der Waals surface area contributed by atoms with Crippen molar-refractivity contribution in [1.82, 2.24) is 9.88 Å². The normalized spacial score (nSPS) is 17.3. The predicted octanol–water partition coefficient (Wildman–Crippen LogP) is 5.06. The second-order valence-corrected chi connectivity index (χ2v) is 11.1. The van der Waals surface area contributed by atoms with Gasteiger partial charge in [-0.3, -0.25) is 14.4 Å². The first-order valence-corrected chi connectivity index (χ1v) is 14.5. The van der Waals surface area contributed by atoms with Gasteiger partial charge >= 0.3 is 0 Å². The molecule has 1 aromatic heterocycles. The molecule has 0 radical (unpaired) electrons. The number of nitrogens with zero attached hydrogens (tertiary/aromatic N) is 2. The number of fused-ring (bicyclic) bond motifs is 4. The molecule has 6 rings (SSSR count). The number of methoxy groups -OCH3 is 1. The number of ether oxygens (including phenoxy) is 1. The van der Waals surface area contributed by atoms with Crippen LogP contribution in [0.25, 0.3) is 6.08 Å². The molecule has 4 aromatic rings. The molecule has 3 aromatic carbocycles. The fourth-order valence-electron chi connectivity index (χ4n) is 6.08. The van der Waals surface area contributed by atoms with Crippen LogP contribution in [0.15, 0.2) is 102 Å². The lowest BCUT2D eigenvalue weighted by atomic mass is 9.83. The van der Waals surface area contributed by atoms with Gasteiger partial charge in [0.05, 0.1) is 18.5 Å². The topological polar surface area (TPSA) is 92.7 Å². The molecule has 2 atom stereocenters. The number of amides is 2. The van der Waals surface area contributed by atoms with Crippen molar-refractivity contribution in [3.63, 3.8) is 0 Å². The maximum Gasteiger partial charge on any atom is 0.251 e. The van der Waals surface area contributed by atoms with E-state index in [1.165, 1.54) is 6.08 Å². The van der Waals surface area contributed by atoms with Gasteiger partial charge in [-0.1, -0.05) is 48.5 Å². The van der Waals surface area contributed by atoms with Gasteiger partial charge in [0.2, 0.25) is 5.91 Å². The molecule has 1 fully saturated rings. The number of carbonyl (C=O) groups is 2. The Kier molecular flexibility index (Phi) is 8.09. The van der Waals surface area contributed by atoms with Gasteiger partial charge in [0.25, 0.3) is 11.5 Å². The van der Waals surface area contributed by atoms with E-state index < -0.39 is 0 Å². The van der Waals surface area contributed by atoms with Crippen LogP contribution in [0.4, 0.5) is 11.4 Å². The highest BCUT2D eigenvalue weighted by atomic mass is 16.5. The number of aromatic nitrogens is 1. The number of benzene rings is 3. The Morgan fingerprint density at radius 3 is 2.53 bits per heavy atom. The first-order valence-electron chi connectivity index (χ1n) is 14.5. The van der Waals surface area contributed by atoms with E-state index in [1.54, 1.807) is 31.4 Å². The number of hydrogen-bond donors (Lipinski definition) is 2. The van der Waals surface area contributed by atoms with E-state index >= 15 is 0 Å². The van der Waals surface area contributed by atoms with Crippen molar-refractivity contribution in [3.05, 3.63) is 130 Å². The smallest absolute Gasteiger partial charge is 0.251 e. The third-order valence-corrected chi connectivity index (χ3v) is 8.18. The highest BCUT2D eigenvalue weighted by molar-refractivity contribution is 6.05. The number of hydrogen-bond acceptors (Lipinski definition) is 5. The zero-order valence-corrected chi connectivity index (χ0v) is 24.0. The highest BCUT2D eigenvalue weighted by Gasteiger charge is 2.35. The summed E-state index contributed by atoms with van der Waals surface area (Å²) in [4.78, 5) is 41.1. The van der Waals surface area contributed by atoms with Crippen LogP contribution in [0, 0.1) is 5.92 Å². The Morgan fingerprint density at radius 1 is 0.930 bits per heavy atom. The summed E-state index contributed by atoms with van der Waals surface area (Å²) >= 11 is 0. The molecular formula is C35H34N4O4. The van der Waals surface area contributed by atoms with Gasteiger partial charge in [0.15, 0.2) is 0 Å². The zero-order chi connectivity index (χ0) is 29.8. The third kappa shape index (κ3) is 6.38. The number of nitrogens with one attached hydrogen (secondary N) is 2. The van der Waals surface area contributed by atoms with Crippen molar-refractivity contribution in [2.24, 2.45) is 5.92 Å². The van der Waals surface area contributed by atoms with Gasteiger partial charge in [-0.05, 0) is 65.9 Å². The average molecular weight is 575 g/mol. The highest BCUT2D eigenvalue weighted by Crippen LogP contribution is 2.39. The molecule has 43 heavy (non-hydrogen) atoms. The van der Waals surface area contributed by atoms with Crippen LogP contribution in [0.1, 0.15) is 39.5 Å². The quantitative estimate of drug-likeness (QED) is 0.287. The van der Waals surface area contributed by atoms with Crippen LogP contribution >= 0.6 is 0 Å². The van der Waals surface area contributed by atoms with E-state index in [0.29, 0.717) is 36.8 Å². The van der Waals surface area contributed by atoms with E-state index in [0.717, 1.165) is 41.2 Å². The van der Waals surface area contributed by atoms with Crippen LogP contribution in [-0.2, 0) is 17.9 Å². The lowest BCUT2D eigenvalue weighted by molar-refractivity contribution is -0.111. The Balaban J connectivity index is 1.25. The standard InChI is InChI=1S/C35H34N4O4/c1-43-29-14-10-25(11-15-29)20-36-35(42)27-13-16-32(30(19-27)37-33(40)17-12-24-6-3-2-4-7-24)38-21-26-18-28(23-38)31-8-5-9-34(41)39(31)22-26/h2-17,19,26,28H,18,20-23H2,1H3,(H,36,42)(H,37,40)/b17-12+. The number of rotatable bonds is 8. The van der Waals surface area contributed by atoms with Gasteiger partial charge in [-0.15, -0.1) is 0 Å². The van der Waals surface area contributed by atoms with Crippen molar-refractivity contribution in [1.29, 1.82) is 0 Å². The Morgan fingerprint density at radius 2 is 1.74 bits per heavy atom. The maximum absolute atomic E-state index is 13.2. The maximum atomic E-state index is 13.2. The van der Waals surface area contributed by atoms with Gasteiger partial charge in [-0.25, -0.2) is 0 Å². The molecule has 3 heterocycles. The first kappa shape index (κ1) is 28.0. The zero-order valence-electron chi connectivity index (χ0n) is 24.0. The molecule has 0 aliphatic carbocycles. The van der Waals surface area contributed by atoms with E-state index in [4.69, 9.17) is 4.74 Å². The molecule has 2 unspecified atom stereocenters. The minimum absolute atomic E-state index is 0.0452. The Hall–Kier alpha value is -5.11. The second-order valence-electron chi connectivity index (χ2n) is 11.1. The van der Waals surface area contributed by atoms with Crippen molar-refractivity contribution >= 4 is 29.3 Å². The fourth-order valence-corrected chi connectivity index (χ4v) is 6.08. The molecular weight excluding hydrogens is 540 g/mol. The summed E-state index contributed by atoms with van der Waals surface area (Å²) in [7, 11) is 1.62. The monoisotopic (exact) mass is 574 g/mol. The summed E-state index contributed by atoms with van der Waals surface area (Å²) in [5, 5.41) is 6.01. The largest absolute Gasteiger partial charge is 0.497 e. The lowest BCUT2D eigenvalue weighted by Crippen LogP contribution is -2.47. The Labute approximate surface area is 250 Å². The number of carbonyl (C=O) groups excluding carboxylic acids is 2. The van der Waals surface area contributed by atoms with Crippen molar-refractivity contribution in [2.45, 2.75) is 25.4 Å². The van der Waals surface area contributed by atoms with Crippen LogP contribution in [-0.4, -0.2) is 36.6 Å². The molecule has 2 bridgehead atoms. The minimum atomic E-state index is -0.282. The fraction of sp³-hybridized carbons (Fsp3) is 0.229. The van der Waals surface area contributed by atoms with Gasteiger partial charge in [-0.2, -0.15) is 0 Å². The molecule has 2 aliphatic heterocycles. The summed E-state index contributed by atoms with van der Waals surface area (Å²) in [6.07, 6.45) is 4.29. The summed E-state index contributed by atoms with van der Waals surface area (Å²) < 4.78 is 7.12. The van der Waals surface area contributed by atoms with E-state index in [9.17, 15) is 14.4 Å². The SMILES string of the molecule is COc1ccc(CNC(=O)c2ccc(N3CC4CC(C3)c3cccc(=O)n3C4)c(NC(=O)/C=C/c3ccccc3)c2)cc1. The summed E-state index contributed by atoms with van der Waals surface area (Å²) in [5.74, 6) is 0.747. The van der Waals surface area contributed by atoms with Gasteiger partial charge in [0, 0.05) is 55.5 Å². The number of piperidine rings is 1. The molecule has 2 N–H and O–H groups in total. The van der Waals surface area contributed by atoms with E-state index in [-0.39, 0.29) is 23.3 Å². The van der Waals surface area contributed by atoms with Gasteiger partial charge in [0.1, 0.15) is 5.75 Å². The minimum Gasteiger partial charge on any atom is -0.497 e. The predicted molar refractivity (Wildman–Crippen MR) is 168 cm³/mol. The number of pyridine rings is 1. The average Bonchev–Trinajstić information content (AvgIpc) is 3.04. The first-order chi connectivity index (χ1) is 21.0. The molecule has 8 heteroatoms. The molecule has 2 aliphatic rings. The second kappa shape index (κ2) is 12.4. The molecule has 8 nitrogen and oxygen atoms in total. The van der Waals surface area contributed by atoms with Crippen molar-refractivity contribution in [2.75, 3.05) is 30.4 Å². The summed E-state index contributed by atoms with van der Waals surface area (Å²) in [6, 6.07) is 28.1. The molecule has 0 spiro atoms. The van der Waals surface area contributed by atoms with Crippen LogP contribution in [0.2, 0.25) is 0 Å². The molecule has 2 amide bonds.